The fourth-order valence-corrected chi connectivity index (χ4v) is 1.62. The van der Waals surface area contributed by atoms with Crippen molar-refractivity contribution in [2.75, 3.05) is 6.54 Å². The van der Waals surface area contributed by atoms with E-state index in [0.717, 1.165) is 5.69 Å². The van der Waals surface area contributed by atoms with E-state index in [2.05, 4.69) is 15.7 Å². The highest BCUT2D eigenvalue weighted by Gasteiger charge is 2.21. The van der Waals surface area contributed by atoms with Crippen LogP contribution in [0, 0.1) is 11.8 Å². The first-order valence-electron chi connectivity index (χ1n) is 6.13. The lowest BCUT2D eigenvalue weighted by atomic mass is 9.96. The molecule has 0 saturated carbocycles. The zero-order chi connectivity index (χ0) is 14.4. The first-order valence-corrected chi connectivity index (χ1v) is 6.13. The molecular formula is C12H20N4O3. The smallest absolute Gasteiger partial charge is 0.315 e. The molecule has 1 rings (SSSR count). The van der Waals surface area contributed by atoms with Crippen molar-refractivity contribution in [2.45, 2.75) is 20.4 Å². The molecule has 1 aromatic heterocycles. The van der Waals surface area contributed by atoms with Crippen molar-refractivity contribution in [3.05, 3.63) is 18.0 Å². The predicted molar refractivity (Wildman–Crippen MR) is 69.4 cm³/mol. The molecule has 106 valence electrons. The first kappa shape index (κ1) is 15.0. The van der Waals surface area contributed by atoms with Gasteiger partial charge in [0.05, 0.1) is 18.2 Å². The first-order chi connectivity index (χ1) is 8.91. The maximum atomic E-state index is 11.6. The number of amides is 2. The second kappa shape index (κ2) is 6.77. The lowest BCUT2D eigenvalue weighted by Gasteiger charge is -2.17. The predicted octanol–water partition coefficient (Wildman–Crippen LogP) is 0.576. The molecule has 0 bridgehead atoms. The molecule has 1 unspecified atom stereocenters. The van der Waals surface area contributed by atoms with Crippen LogP contribution in [-0.2, 0) is 18.4 Å². The number of aromatic nitrogens is 2. The van der Waals surface area contributed by atoms with Crippen LogP contribution >= 0.6 is 0 Å². The van der Waals surface area contributed by atoms with Crippen LogP contribution < -0.4 is 10.6 Å². The Hall–Kier alpha value is -2.05. The minimum absolute atomic E-state index is 0.0325. The summed E-state index contributed by atoms with van der Waals surface area (Å²) in [4.78, 5) is 22.5. The quantitative estimate of drug-likeness (QED) is 0.703. The highest BCUT2D eigenvalue weighted by Crippen LogP contribution is 2.09. The highest BCUT2D eigenvalue weighted by atomic mass is 16.4. The molecule has 1 heterocycles. The number of urea groups is 1. The molecule has 0 spiro atoms. The van der Waals surface area contributed by atoms with Crippen LogP contribution in [0.2, 0.25) is 0 Å². The van der Waals surface area contributed by atoms with Crippen molar-refractivity contribution in [3.63, 3.8) is 0 Å². The van der Waals surface area contributed by atoms with Crippen LogP contribution in [-0.4, -0.2) is 33.4 Å². The molecular weight excluding hydrogens is 248 g/mol. The van der Waals surface area contributed by atoms with Crippen LogP contribution in [0.3, 0.4) is 0 Å². The summed E-state index contributed by atoms with van der Waals surface area (Å²) in [5, 5.41) is 18.2. The Balaban J connectivity index is 2.35. The molecule has 2 amide bonds. The lowest BCUT2D eigenvalue weighted by molar-refractivity contribution is -0.142. The number of hydrogen-bond donors (Lipinski definition) is 3. The average Bonchev–Trinajstić information content (AvgIpc) is 2.71. The highest BCUT2D eigenvalue weighted by molar-refractivity contribution is 5.75. The van der Waals surface area contributed by atoms with Crippen molar-refractivity contribution in [1.82, 2.24) is 20.4 Å². The maximum absolute atomic E-state index is 11.6. The number of aliphatic carboxylic acids is 1. The third-order valence-electron chi connectivity index (χ3n) is 2.96. The number of carboxylic acids is 1. The second-order valence-corrected chi connectivity index (χ2v) is 4.70. The lowest BCUT2D eigenvalue weighted by Crippen LogP contribution is -2.41. The van der Waals surface area contributed by atoms with E-state index in [4.69, 9.17) is 5.11 Å². The fourth-order valence-electron chi connectivity index (χ4n) is 1.62. The number of aryl methyl sites for hydroxylation is 1. The van der Waals surface area contributed by atoms with Gasteiger partial charge in [-0.2, -0.15) is 5.10 Å². The minimum atomic E-state index is -0.901. The zero-order valence-corrected chi connectivity index (χ0v) is 11.4. The Morgan fingerprint density at radius 2 is 2.11 bits per heavy atom. The van der Waals surface area contributed by atoms with Crippen LogP contribution in [0.1, 0.15) is 19.5 Å². The van der Waals surface area contributed by atoms with E-state index in [0.29, 0.717) is 6.54 Å². The van der Waals surface area contributed by atoms with Gasteiger partial charge >= 0.3 is 12.0 Å². The molecule has 0 aliphatic heterocycles. The van der Waals surface area contributed by atoms with E-state index in [1.165, 1.54) is 0 Å². The minimum Gasteiger partial charge on any atom is -0.481 e. The van der Waals surface area contributed by atoms with Gasteiger partial charge in [0, 0.05) is 19.8 Å². The van der Waals surface area contributed by atoms with E-state index < -0.39 is 11.9 Å². The van der Waals surface area contributed by atoms with Gasteiger partial charge in [-0.05, 0) is 12.0 Å². The monoisotopic (exact) mass is 268 g/mol. The Bertz CT molecular complexity index is 442. The van der Waals surface area contributed by atoms with Crippen LogP contribution in [0.25, 0.3) is 0 Å². The number of carbonyl (C=O) groups is 2. The summed E-state index contributed by atoms with van der Waals surface area (Å²) in [5.74, 6) is -1.51. The molecule has 0 aromatic carbocycles. The summed E-state index contributed by atoms with van der Waals surface area (Å²) in [7, 11) is 1.79. The SMILES string of the molecule is CC(C)C(CNC(=O)NCc1ccnn1C)C(=O)O. The molecule has 0 fully saturated rings. The van der Waals surface area contributed by atoms with Gasteiger partial charge in [0.25, 0.3) is 0 Å². The molecule has 7 nitrogen and oxygen atoms in total. The number of hydrogen-bond acceptors (Lipinski definition) is 3. The normalized spacial score (nSPS) is 12.2. The van der Waals surface area contributed by atoms with Crippen LogP contribution in [0.5, 0.6) is 0 Å². The molecule has 0 aliphatic carbocycles. The molecule has 3 N–H and O–H groups in total. The Kier molecular flexibility index (Phi) is 5.35. The fraction of sp³-hybridized carbons (Fsp3) is 0.583. The summed E-state index contributed by atoms with van der Waals surface area (Å²) >= 11 is 0. The number of rotatable bonds is 6. The van der Waals surface area contributed by atoms with E-state index in [9.17, 15) is 9.59 Å². The second-order valence-electron chi connectivity index (χ2n) is 4.70. The zero-order valence-electron chi connectivity index (χ0n) is 11.4. The number of carboxylic acid groups (broad SMARTS) is 1. The van der Waals surface area contributed by atoms with Gasteiger partial charge in [0.2, 0.25) is 0 Å². The van der Waals surface area contributed by atoms with Crippen molar-refractivity contribution in [3.8, 4) is 0 Å². The van der Waals surface area contributed by atoms with Gasteiger partial charge in [0.1, 0.15) is 0 Å². The van der Waals surface area contributed by atoms with Crippen molar-refractivity contribution >= 4 is 12.0 Å². The maximum Gasteiger partial charge on any atom is 0.315 e. The van der Waals surface area contributed by atoms with Crippen molar-refractivity contribution < 1.29 is 14.7 Å². The molecule has 1 aromatic rings. The topological polar surface area (TPSA) is 96.3 Å². The Labute approximate surface area is 112 Å². The third kappa shape index (κ3) is 4.61. The van der Waals surface area contributed by atoms with Gasteiger partial charge in [0.15, 0.2) is 0 Å². The summed E-state index contributed by atoms with van der Waals surface area (Å²) in [6, 6.07) is 1.42. The molecule has 1 atom stereocenters. The summed E-state index contributed by atoms with van der Waals surface area (Å²) in [6.45, 7) is 4.09. The molecule has 0 radical (unpaired) electrons. The number of nitrogens with one attached hydrogen (secondary N) is 2. The van der Waals surface area contributed by atoms with Crippen LogP contribution in [0.4, 0.5) is 4.79 Å². The van der Waals surface area contributed by atoms with Gasteiger partial charge in [-0.15, -0.1) is 0 Å². The summed E-state index contributed by atoms with van der Waals surface area (Å²) in [5.41, 5.74) is 0.869. The summed E-state index contributed by atoms with van der Waals surface area (Å²) in [6.07, 6.45) is 1.65. The largest absolute Gasteiger partial charge is 0.481 e. The molecule has 0 saturated heterocycles. The van der Waals surface area contributed by atoms with Gasteiger partial charge in [-0.3, -0.25) is 9.48 Å². The van der Waals surface area contributed by atoms with Gasteiger partial charge in [-0.1, -0.05) is 13.8 Å². The molecule has 7 heteroatoms. The molecule has 19 heavy (non-hydrogen) atoms. The summed E-state index contributed by atoms with van der Waals surface area (Å²) < 4.78 is 1.66. The van der Waals surface area contributed by atoms with E-state index in [1.807, 2.05) is 13.8 Å². The van der Waals surface area contributed by atoms with Crippen molar-refractivity contribution in [1.29, 1.82) is 0 Å². The molecule has 0 aliphatic rings. The van der Waals surface area contributed by atoms with Gasteiger partial charge < -0.3 is 15.7 Å². The van der Waals surface area contributed by atoms with E-state index >= 15 is 0 Å². The van der Waals surface area contributed by atoms with Crippen molar-refractivity contribution in [2.24, 2.45) is 18.9 Å². The standard InChI is InChI=1S/C12H20N4O3/c1-8(2)10(11(17)18)7-14-12(19)13-6-9-4-5-15-16(9)3/h4-5,8,10H,6-7H2,1-3H3,(H,17,18)(H2,13,14,19). The number of nitrogens with zero attached hydrogens (tertiary/aromatic N) is 2. The number of carbonyl (C=O) groups excluding carboxylic acids is 1. The Morgan fingerprint density at radius 1 is 1.42 bits per heavy atom. The average molecular weight is 268 g/mol. The third-order valence-corrected chi connectivity index (χ3v) is 2.96. The Morgan fingerprint density at radius 3 is 2.58 bits per heavy atom. The van der Waals surface area contributed by atoms with Gasteiger partial charge in [-0.25, -0.2) is 4.79 Å². The van der Waals surface area contributed by atoms with E-state index in [1.54, 1.807) is 24.0 Å². The van der Waals surface area contributed by atoms with E-state index in [-0.39, 0.29) is 18.5 Å². The van der Waals surface area contributed by atoms with Crippen LogP contribution in [0.15, 0.2) is 12.3 Å².